The summed E-state index contributed by atoms with van der Waals surface area (Å²) in [5.41, 5.74) is 4.18. The lowest BCUT2D eigenvalue weighted by Crippen LogP contribution is -2.13. The molecule has 2 aromatic rings. The summed E-state index contributed by atoms with van der Waals surface area (Å²) in [5, 5.41) is 9.13. The molecule has 2 rings (SSSR count). The van der Waals surface area contributed by atoms with E-state index in [2.05, 4.69) is 55.1 Å². The van der Waals surface area contributed by atoms with E-state index in [0.717, 1.165) is 11.3 Å². The second-order valence-corrected chi connectivity index (χ2v) is 5.49. The van der Waals surface area contributed by atoms with E-state index in [4.69, 9.17) is 5.26 Å². The minimum atomic E-state index is -0.436. The Hall–Kier alpha value is -1.72. The Morgan fingerprint density at radius 3 is 1.84 bits per heavy atom. The number of benzene rings is 2. The summed E-state index contributed by atoms with van der Waals surface area (Å²) < 4.78 is 0. The molecule has 0 atom stereocenters. The molecule has 0 aromatic heterocycles. The summed E-state index contributed by atoms with van der Waals surface area (Å²) in [5.74, 6) is 0.760. The highest BCUT2D eigenvalue weighted by Crippen LogP contribution is 2.26. The number of hydrogen-bond acceptors (Lipinski definition) is 2. The van der Waals surface area contributed by atoms with Gasteiger partial charge >= 0.3 is 0 Å². The van der Waals surface area contributed by atoms with Crippen LogP contribution in [0.2, 0.25) is 0 Å². The Bertz CT molecular complexity index is 589. The molecule has 0 fully saturated rings. The van der Waals surface area contributed by atoms with Crippen LogP contribution in [0.4, 0.5) is 0 Å². The zero-order chi connectivity index (χ0) is 13.9. The lowest BCUT2D eigenvalue weighted by atomic mass is 9.85. The van der Waals surface area contributed by atoms with Crippen molar-refractivity contribution in [2.24, 2.45) is 0 Å². The number of nitriles is 1. The van der Waals surface area contributed by atoms with Crippen LogP contribution in [-0.2, 0) is 11.2 Å². The third-order valence-corrected chi connectivity index (χ3v) is 3.72. The molecule has 2 aromatic carbocycles. The van der Waals surface area contributed by atoms with Gasteiger partial charge in [-0.3, -0.25) is 0 Å². The van der Waals surface area contributed by atoms with Gasteiger partial charge in [0.05, 0.1) is 11.5 Å². The maximum absolute atomic E-state index is 9.13. The van der Waals surface area contributed by atoms with E-state index in [1.807, 2.05) is 26.0 Å². The Balaban J connectivity index is 2.30. The van der Waals surface area contributed by atoms with Crippen molar-refractivity contribution >= 4 is 12.6 Å². The van der Waals surface area contributed by atoms with Crippen LogP contribution in [0.5, 0.6) is 0 Å². The molecule has 0 bridgehead atoms. The maximum atomic E-state index is 9.13. The van der Waals surface area contributed by atoms with Crippen LogP contribution in [0, 0.1) is 11.3 Å². The van der Waals surface area contributed by atoms with Crippen LogP contribution in [0.25, 0.3) is 11.1 Å². The van der Waals surface area contributed by atoms with Crippen LogP contribution in [0.15, 0.2) is 48.5 Å². The van der Waals surface area contributed by atoms with E-state index >= 15 is 0 Å². The van der Waals surface area contributed by atoms with Crippen molar-refractivity contribution in [1.29, 1.82) is 5.26 Å². The van der Waals surface area contributed by atoms with Gasteiger partial charge in [-0.1, -0.05) is 48.5 Å². The van der Waals surface area contributed by atoms with Crippen molar-refractivity contribution in [2.45, 2.75) is 25.0 Å². The number of rotatable bonds is 3. The smallest absolute Gasteiger partial charge is 0.0766 e. The van der Waals surface area contributed by atoms with Crippen molar-refractivity contribution in [3.63, 3.8) is 0 Å². The molecule has 0 N–H and O–H groups in total. The van der Waals surface area contributed by atoms with Crippen LogP contribution in [0.3, 0.4) is 0 Å². The molecule has 0 spiro atoms. The zero-order valence-electron chi connectivity index (χ0n) is 11.2. The van der Waals surface area contributed by atoms with Gasteiger partial charge in [0, 0.05) is 5.75 Å². The second kappa shape index (κ2) is 5.50. The van der Waals surface area contributed by atoms with Gasteiger partial charge in [0.1, 0.15) is 0 Å². The molecule has 0 aliphatic rings. The fraction of sp³-hybridized carbons (Fsp3) is 0.235. The molecule has 0 aliphatic carbocycles. The molecule has 0 aliphatic heterocycles. The van der Waals surface area contributed by atoms with Gasteiger partial charge in [-0.2, -0.15) is 17.9 Å². The second-order valence-electron chi connectivity index (χ2n) is 5.17. The minimum Gasteiger partial charge on any atom is -0.197 e. The largest absolute Gasteiger partial charge is 0.197 e. The quantitative estimate of drug-likeness (QED) is 0.808. The summed E-state index contributed by atoms with van der Waals surface area (Å²) in [7, 11) is 0. The topological polar surface area (TPSA) is 23.8 Å². The molecule has 0 radical (unpaired) electrons. The predicted molar refractivity (Wildman–Crippen MR) is 83.2 cm³/mol. The molecule has 96 valence electrons. The van der Waals surface area contributed by atoms with Crippen molar-refractivity contribution in [1.82, 2.24) is 0 Å². The average Bonchev–Trinajstić information content (AvgIpc) is 2.47. The highest BCUT2D eigenvalue weighted by Gasteiger charge is 2.19. The normalized spacial score (nSPS) is 11.1. The Labute approximate surface area is 120 Å². The molecule has 0 unspecified atom stereocenters. The van der Waals surface area contributed by atoms with Gasteiger partial charge in [0.15, 0.2) is 0 Å². The monoisotopic (exact) mass is 267 g/mol. The van der Waals surface area contributed by atoms with Gasteiger partial charge < -0.3 is 0 Å². The van der Waals surface area contributed by atoms with Crippen LogP contribution in [0.1, 0.15) is 25.0 Å². The van der Waals surface area contributed by atoms with Gasteiger partial charge in [0.25, 0.3) is 0 Å². The summed E-state index contributed by atoms with van der Waals surface area (Å²) in [6.07, 6.45) is 0. The van der Waals surface area contributed by atoms with Crippen molar-refractivity contribution in [2.75, 3.05) is 0 Å². The van der Waals surface area contributed by atoms with Crippen molar-refractivity contribution < 1.29 is 0 Å². The molecule has 0 heterocycles. The summed E-state index contributed by atoms with van der Waals surface area (Å²) in [4.78, 5) is 0. The Kier molecular flexibility index (Phi) is 3.97. The van der Waals surface area contributed by atoms with E-state index in [-0.39, 0.29) is 0 Å². The fourth-order valence-electron chi connectivity index (χ4n) is 1.95. The molecule has 0 saturated carbocycles. The number of hydrogen-bond donors (Lipinski definition) is 1. The highest BCUT2D eigenvalue weighted by molar-refractivity contribution is 7.79. The van der Waals surface area contributed by atoms with Gasteiger partial charge in [-0.15, -0.1) is 0 Å². The predicted octanol–water partition coefficient (Wildman–Crippen LogP) is 4.58. The van der Waals surface area contributed by atoms with Crippen molar-refractivity contribution in [3.05, 3.63) is 59.7 Å². The van der Waals surface area contributed by atoms with Gasteiger partial charge in [0.2, 0.25) is 0 Å². The molecular formula is C17H17NS. The van der Waals surface area contributed by atoms with Crippen LogP contribution >= 0.6 is 12.6 Å². The van der Waals surface area contributed by atoms with Gasteiger partial charge in [-0.05, 0) is 36.1 Å². The van der Waals surface area contributed by atoms with E-state index in [0.29, 0.717) is 0 Å². The van der Waals surface area contributed by atoms with Gasteiger partial charge in [-0.25, -0.2) is 0 Å². The Morgan fingerprint density at radius 1 is 0.947 bits per heavy atom. The molecule has 0 amide bonds. The summed E-state index contributed by atoms with van der Waals surface area (Å²) in [6, 6.07) is 18.9. The molecule has 1 nitrogen and oxygen atoms in total. The summed E-state index contributed by atoms with van der Waals surface area (Å²) in [6.45, 7) is 3.87. The first-order valence-electron chi connectivity index (χ1n) is 6.29. The molecule has 19 heavy (non-hydrogen) atoms. The number of nitrogens with zero attached hydrogens (tertiary/aromatic N) is 1. The maximum Gasteiger partial charge on any atom is 0.0766 e. The standard InChI is InChI=1S/C17H17NS/c1-17(2,12-18)16-9-7-15(8-10-16)14-5-3-13(11-19)4-6-14/h3-10,19H,11H2,1-2H3. The average molecular weight is 267 g/mol. The molecule has 0 saturated heterocycles. The summed E-state index contributed by atoms with van der Waals surface area (Å²) >= 11 is 4.26. The fourth-order valence-corrected chi connectivity index (χ4v) is 2.16. The third-order valence-electron chi connectivity index (χ3n) is 3.36. The lowest BCUT2D eigenvalue weighted by Gasteiger charge is -2.16. The first-order chi connectivity index (χ1) is 9.06. The van der Waals surface area contributed by atoms with Crippen LogP contribution < -0.4 is 0 Å². The van der Waals surface area contributed by atoms with E-state index in [9.17, 15) is 0 Å². The SMILES string of the molecule is CC(C)(C#N)c1ccc(-c2ccc(CS)cc2)cc1. The molecular weight excluding hydrogens is 250 g/mol. The lowest BCUT2D eigenvalue weighted by molar-refractivity contribution is 0.687. The van der Waals surface area contributed by atoms with Crippen molar-refractivity contribution in [3.8, 4) is 17.2 Å². The Morgan fingerprint density at radius 2 is 1.42 bits per heavy atom. The first-order valence-corrected chi connectivity index (χ1v) is 6.92. The number of thiol groups is 1. The third kappa shape index (κ3) is 3.00. The minimum absolute atomic E-state index is 0.436. The van der Waals surface area contributed by atoms with Crippen LogP contribution in [-0.4, -0.2) is 0 Å². The van der Waals surface area contributed by atoms with E-state index < -0.39 is 5.41 Å². The first kappa shape index (κ1) is 13.7. The highest BCUT2D eigenvalue weighted by atomic mass is 32.1. The van der Waals surface area contributed by atoms with E-state index in [1.165, 1.54) is 16.7 Å². The molecule has 2 heteroatoms. The zero-order valence-corrected chi connectivity index (χ0v) is 12.1. The van der Waals surface area contributed by atoms with E-state index in [1.54, 1.807) is 0 Å².